The number of amides is 1. The van der Waals surface area contributed by atoms with Crippen molar-refractivity contribution in [1.82, 2.24) is 5.32 Å². The Morgan fingerprint density at radius 1 is 1.26 bits per heavy atom. The zero-order chi connectivity index (χ0) is 20.0. The molecule has 0 spiro atoms. The highest BCUT2D eigenvalue weighted by Crippen LogP contribution is 2.35. The van der Waals surface area contributed by atoms with E-state index < -0.39 is 34.6 Å². The van der Waals surface area contributed by atoms with Crippen LogP contribution in [0.3, 0.4) is 0 Å². The second-order valence-electron chi connectivity index (χ2n) is 6.01. The van der Waals surface area contributed by atoms with Crippen LogP contribution in [-0.2, 0) is 9.53 Å². The molecule has 1 fully saturated rings. The van der Waals surface area contributed by atoms with Gasteiger partial charge in [0.2, 0.25) is 0 Å². The van der Waals surface area contributed by atoms with Crippen molar-refractivity contribution in [2.75, 3.05) is 20.8 Å². The predicted molar refractivity (Wildman–Crippen MR) is 91.4 cm³/mol. The third-order valence-electron chi connectivity index (χ3n) is 4.30. The lowest BCUT2D eigenvalue weighted by Crippen LogP contribution is -2.46. The van der Waals surface area contributed by atoms with Gasteiger partial charge in [-0.1, -0.05) is 0 Å². The number of benzene rings is 1. The number of carbonyl (C=O) groups is 2. The third kappa shape index (κ3) is 4.44. The van der Waals surface area contributed by atoms with Crippen LogP contribution in [0, 0.1) is 21.4 Å². The fourth-order valence-corrected chi connectivity index (χ4v) is 2.94. The lowest BCUT2D eigenvalue weighted by atomic mass is 10.00. The molecular weight excluding hydrogens is 358 g/mol. The van der Waals surface area contributed by atoms with Gasteiger partial charge in [-0.25, -0.2) is 4.79 Å². The number of nitro groups is 1. The summed E-state index contributed by atoms with van der Waals surface area (Å²) in [7, 11) is 2.62. The van der Waals surface area contributed by atoms with E-state index in [1.54, 1.807) is 0 Å². The molecule has 1 saturated carbocycles. The van der Waals surface area contributed by atoms with Crippen molar-refractivity contribution in [3.8, 4) is 17.6 Å². The number of nitrogens with one attached hydrogen (secondary N) is 1. The Morgan fingerprint density at radius 2 is 1.85 bits per heavy atom. The van der Waals surface area contributed by atoms with Crippen LogP contribution < -0.4 is 14.8 Å². The molecule has 1 aromatic rings. The van der Waals surface area contributed by atoms with Crippen LogP contribution in [0.2, 0.25) is 0 Å². The molecule has 0 aromatic heterocycles. The van der Waals surface area contributed by atoms with Crippen molar-refractivity contribution >= 4 is 17.6 Å². The molecule has 0 atom stereocenters. The number of nitro benzene ring substituents is 1. The zero-order valence-electron chi connectivity index (χ0n) is 14.9. The average molecular weight is 377 g/mol. The van der Waals surface area contributed by atoms with E-state index in [9.17, 15) is 25.0 Å². The molecular formula is C17H19N3O7. The molecule has 10 nitrogen and oxygen atoms in total. The Labute approximate surface area is 155 Å². The van der Waals surface area contributed by atoms with Gasteiger partial charge in [-0.15, -0.1) is 0 Å². The maximum atomic E-state index is 12.3. The number of nitriles is 1. The number of hydrogen-bond acceptors (Lipinski definition) is 8. The van der Waals surface area contributed by atoms with Crippen molar-refractivity contribution < 1.29 is 28.7 Å². The van der Waals surface area contributed by atoms with E-state index in [1.807, 2.05) is 0 Å². The molecule has 2 rings (SSSR count). The molecule has 0 bridgehead atoms. The van der Waals surface area contributed by atoms with E-state index in [4.69, 9.17) is 14.2 Å². The molecule has 1 aliphatic rings. The average Bonchev–Trinajstić information content (AvgIpc) is 3.13. The summed E-state index contributed by atoms with van der Waals surface area (Å²) < 4.78 is 14.9. The summed E-state index contributed by atoms with van der Waals surface area (Å²) in [6.07, 6.45) is 2.71. The first kappa shape index (κ1) is 20.0. The third-order valence-corrected chi connectivity index (χ3v) is 4.30. The first-order valence-electron chi connectivity index (χ1n) is 8.15. The summed E-state index contributed by atoms with van der Waals surface area (Å²) >= 11 is 0. The minimum Gasteiger partial charge on any atom is -0.493 e. The summed E-state index contributed by atoms with van der Waals surface area (Å²) in [5.41, 5.74) is -1.86. The van der Waals surface area contributed by atoms with Gasteiger partial charge in [0.25, 0.3) is 11.6 Å². The van der Waals surface area contributed by atoms with Gasteiger partial charge in [-0.05, 0) is 25.7 Å². The van der Waals surface area contributed by atoms with E-state index in [0.29, 0.717) is 12.8 Å². The number of esters is 1. The summed E-state index contributed by atoms with van der Waals surface area (Å²) in [5.74, 6) is -1.52. The van der Waals surface area contributed by atoms with Crippen molar-refractivity contribution in [2.45, 2.75) is 31.2 Å². The number of nitrogens with zero attached hydrogens (tertiary/aromatic N) is 2. The lowest BCUT2D eigenvalue weighted by molar-refractivity contribution is -0.385. The summed E-state index contributed by atoms with van der Waals surface area (Å²) in [6.45, 7) is -0.659. The molecule has 0 heterocycles. The van der Waals surface area contributed by atoms with E-state index in [1.165, 1.54) is 14.2 Å². The smallest absolute Gasteiger partial charge is 0.345 e. The van der Waals surface area contributed by atoms with Gasteiger partial charge in [0.1, 0.15) is 11.1 Å². The Balaban J connectivity index is 2.12. The van der Waals surface area contributed by atoms with Crippen LogP contribution in [0.4, 0.5) is 5.69 Å². The van der Waals surface area contributed by atoms with Gasteiger partial charge < -0.3 is 19.5 Å². The molecule has 1 aliphatic carbocycles. The van der Waals surface area contributed by atoms with Gasteiger partial charge >= 0.3 is 5.97 Å². The van der Waals surface area contributed by atoms with Gasteiger partial charge in [0, 0.05) is 6.07 Å². The maximum absolute atomic E-state index is 12.3. The van der Waals surface area contributed by atoms with Gasteiger partial charge in [-0.3, -0.25) is 14.9 Å². The van der Waals surface area contributed by atoms with Crippen molar-refractivity contribution in [3.63, 3.8) is 0 Å². The van der Waals surface area contributed by atoms with Gasteiger partial charge in [0.15, 0.2) is 18.1 Å². The molecule has 0 saturated heterocycles. The van der Waals surface area contributed by atoms with Crippen molar-refractivity contribution in [1.29, 1.82) is 5.26 Å². The predicted octanol–water partition coefficient (Wildman–Crippen LogP) is 1.72. The Kier molecular flexibility index (Phi) is 6.18. The van der Waals surface area contributed by atoms with Crippen LogP contribution in [0.1, 0.15) is 36.0 Å². The first-order chi connectivity index (χ1) is 12.9. The van der Waals surface area contributed by atoms with Crippen molar-refractivity contribution in [3.05, 3.63) is 27.8 Å². The summed E-state index contributed by atoms with van der Waals surface area (Å²) in [5, 5.41) is 23.1. The van der Waals surface area contributed by atoms with Crippen LogP contribution in [-0.4, -0.2) is 43.2 Å². The summed E-state index contributed by atoms with van der Waals surface area (Å²) in [4.78, 5) is 34.8. The molecule has 1 N–H and O–H groups in total. The van der Waals surface area contributed by atoms with E-state index in [0.717, 1.165) is 25.0 Å². The maximum Gasteiger partial charge on any atom is 0.345 e. The molecule has 10 heteroatoms. The Morgan fingerprint density at radius 3 is 2.37 bits per heavy atom. The largest absolute Gasteiger partial charge is 0.493 e. The first-order valence-corrected chi connectivity index (χ1v) is 8.15. The van der Waals surface area contributed by atoms with Gasteiger partial charge in [-0.2, -0.15) is 5.26 Å². The lowest BCUT2D eigenvalue weighted by Gasteiger charge is -2.21. The number of rotatable bonds is 7. The van der Waals surface area contributed by atoms with E-state index >= 15 is 0 Å². The highest BCUT2D eigenvalue weighted by Gasteiger charge is 2.35. The molecule has 0 unspecified atom stereocenters. The Bertz CT molecular complexity index is 794. The molecule has 1 amide bonds. The van der Waals surface area contributed by atoms with E-state index in [-0.39, 0.29) is 17.1 Å². The minimum atomic E-state index is -1.06. The minimum absolute atomic E-state index is 0.0793. The van der Waals surface area contributed by atoms with Gasteiger partial charge in [0.05, 0.1) is 31.3 Å². The van der Waals surface area contributed by atoms with Crippen LogP contribution in [0.25, 0.3) is 0 Å². The number of hydrogen-bond donors (Lipinski definition) is 1. The molecule has 144 valence electrons. The number of ether oxygens (including phenoxy) is 3. The number of methoxy groups -OCH3 is 2. The second-order valence-corrected chi connectivity index (χ2v) is 6.01. The van der Waals surface area contributed by atoms with Crippen LogP contribution in [0.5, 0.6) is 11.5 Å². The molecule has 0 aliphatic heterocycles. The molecule has 1 aromatic carbocycles. The highest BCUT2D eigenvalue weighted by molar-refractivity contribution is 5.96. The monoisotopic (exact) mass is 377 g/mol. The molecule has 0 radical (unpaired) electrons. The quantitative estimate of drug-likeness (QED) is 0.430. The summed E-state index contributed by atoms with van der Waals surface area (Å²) in [6, 6.07) is 4.24. The number of carbonyl (C=O) groups excluding carboxylic acids is 2. The second kappa shape index (κ2) is 8.35. The fraction of sp³-hybridized carbons (Fsp3) is 0.471. The highest BCUT2D eigenvalue weighted by atomic mass is 16.6. The van der Waals surface area contributed by atoms with E-state index in [2.05, 4.69) is 11.4 Å². The fourth-order valence-electron chi connectivity index (χ4n) is 2.94. The van der Waals surface area contributed by atoms with Crippen LogP contribution >= 0.6 is 0 Å². The normalized spacial score (nSPS) is 14.7. The zero-order valence-corrected chi connectivity index (χ0v) is 14.9. The molecule has 27 heavy (non-hydrogen) atoms. The Hall–Kier alpha value is -3.35. The van der Waals surface area contributed by atoms with Crippen molar-refractivity contribution in [2.24, 2.45) is 0 Å². The topological polar surface area (TPSA) is 141 Å². The SMILES string of the molecule is COc1cc(C(=O)OCC(=O)NC2(C#N)CCCC2)c([N+](=O)[O-])cc1OC. The standard InChI is InChI=1S/C17H19N3O7/c1-25-13-7-11(12(20(23)24)8-14(13)26-2)16(22)27-9-15(21)19-17(10-18)5-3-4-6-17/h7-8H,3-6,9H2,1-2H3,(H,19,21). The van der Waals surface area contributed by atoms with Crippen LogP contribution in [0.15, 0.2) is 12.1 Å².